The summed E-state index contributed by atoms with van der Waals surface area (Å²) in [5, 5.41) is 3.13. The average molecular weight is 591 g/mol. The maximum Gasteiger partial charge on any atom is 0.420 e. The number of benzene rings is 2. The van der Waals surface area contributed by atoms with E-state index in [-0.39, 0.29) is 30.0 Å². The van der Waals surface area contributed by atoms with Crippen LogP contribution in [0.25, 0.3) is 5.57 Å². The summed E-state index contributed by atoms with van der Waals surface area (Å²) >= 11 is 0. The molecular formula is C27H29F7N4O3. The van der Waals surface area contributed by atoms with Crippen LogP contribution in [0.5, 0.6) is 5.75 Å². The van der Waals surface area contributed by atoms with Crippen molar-refractivity contribution >= 4 is 23.6 Å². The number of anilines is 1. The third-order valence-corrected chi connectivity index (χ3v) is 6.03. The number of halogens is 7. The molecule has 14 heteroatoms. The first-order valence-corrected chi connectivity index (χ1v) is 12.6. The number of hydrogen-bond acceptors (Lipinski definition) is 6. The first-order valence-electron chi connectivity index (χ1n) is 12.6. The van der Waals surface area contributed by atoms with Crippen molar-refractivity contribution in [1.29, 1.82) is 0 Å². The molecule has 0 bridgehead atoms. The number of alkyl halides is 6. The van der Waals surface area contributed by atoms with Gasteiger partial charge in [-0.25, -0.2) is 9.18 Å². The molecule has 1 aliphatic rings. The number of nitrogens with two attached hydrogens (primary N) is 1. The van der Waals surface area contributed by atoms with E-state index in [4.69, 9.17) is 15.2 Å². The zero-order valence-electron chi connectivity index (χ0n) is 22.2. The number of nitrogens with zero attached hydrogens (tertiary/aromatic N) is 2. The van der Waals surface area contributed by atoms with Gasteiger partial charge in [-0.3, -0.25) is 9.89 Å². The quantitative estimate of drug-likeness (QED) is 0.290. The van der Waals surface area contributed by atoms with Crippen molar-refractivity contribution < 1.29 is 45.0 Å². The molecule has 3 rings (SSSR count). The highest BCUT2D eigenvalue weighted by Gasteiger charge is 2.42. The van der Waals surface area contributed by atoms with E-state index in [0.29, 0.717) is 32.2 Å². The third-order valence-electron chi connectivity index (χ3n) is 6.03. The molecule has 1 heterocycles. The lowest BCUT2D eigenvalue weighted by molar-refractivity contribution is -0.143. The summed E-state index contributed by atoms with van der Waals surface area (Å²) in [6, 6.07) is 4.06. The molecule has 1 atom stereocenters. The van der Waals surface area contributed by atoms with Crippen LogP contribution in [0.15, 0.2) is 47.6 Å². The Labute approximate surface area is 231 Å². The lowest BCUT2D eigenvalue weighted by atomic mass is 9.98. The number of hydrogen-bond donors (Lipinski definition) is 2. The van der Waals surface area contributed by atoms with Gasteiger partial charge >= 0.3 is 18.4 Å². The summed E-state index contributed by atoms with van der Waals surface area (Å²) in [6.07, 6.45) is -9.81. The fourth-order valence-electron chi connectivity index (χ4n) is 4.07. The van der Waals surface area contributed by atoms with Crippen molar-refractivity contribution in [2.75, 3.05) is 31.1 Å². The molecule has 2 aromatic rings. The van der Waals surface area contributed by atoms with Crippen molar-refractivity contribution in [3.63, 3.8) is 0 Å². The summed E-state index contributed by atoms with van der Waals surface area (Å²) in [5.41, 5.74) is 1.15. The number of ether oxygens (including phenoxy) is 2. The number of amides is 1. The molecule has 0 saturated carbocycles. The Kier molecular flexibility index (Phi) is 10.4. The highest BCUT2D eigenvalue weighted by Crippen LogP contribution is 2.44. The van der Waals surface area contributed by atoms with Gasteiger partial charge in [0.1, 0.15) is 5.82 Å². The number of aliphatic imine (C=N–C) groups is 1. The van der Waals surface area contributed by atoms with Gasteiger partial charge in [-0.2, -0.15) is 26.3 Å². The Morgan fingerprint density at radius 3 is 2.39 bits per heavy atom. The van der Waals surface area contributed by atoms with Crippen molar-refractivity contribution in [3.8, 4) is 5.75 Å². The van der Waals surface area contributed by atoms with E-state index >= 15 is 0 Å². The van der Waals surface area contributed by atoms with Gasteiger partial charge in [-0.15, -0.1) is 0 Å². The Balaban J connectivity index is 2.07. The van der Waals surface area contributed by atoms with Gasteiger partial charge in [-0.05, 0) is 56.7 Å². The molecule has 0 spiro atoms. The van der Waals surface area contributed by atoms with E-state index in [1.54, 1.807) is 0 Å². The van der Waals surface area contributed by atoms with Crippen LogP contribution >= 0.6 is 0 Å². The van der Waals surface area contributed by atoms with Gasteiger partial charge in [0.25, 0.3) is 0 Å². The molecule has 1 amide bonds. The molecule has 2 aromatic carbocycles. The van der Waals surface area contributed by atoms with E-state index in [1.807, 2.05) is 0 Å². The second kappa shape index (κ2) is 13.3. The molecular weight excluding hydrogens is 561 g/mol. The van der Waals surface area contributed by atoms with E-state index in [2.05, 4.69) is 10.3 Å². The zero-order valence-corrected chi connectivity index (χ0v) is 22.2. The fraction of sp³-hybridized carbons (Fsp3) is 0.407. The summed E-state index contributed by atoms with van der Waals surface area (Å²) in [7, 11) is 0. The van der Waals surface area contributed by atoms with E-state index < -0.39 is 52.7 Å². The monoisotopic (exact) mass is 590 g/mol. The number of carbonyl (C=O) groups is 1. The summed E-state index contributed by atoms with van der Waals surface area (Å²) in [6.45, 7) is 4.92. The maximum atomic E-state index is 14.1. The first-order chi connectivity index (χ1) is 19.2. The normalized spacial score (nSPS) is 16.8. The summed E-state index contributed by atoms with van der Waals surface area (Å²) < 4.78 is 108. The van der Waals surface area contributed by atoms with Gasteiger partial charge in [-0.1, -0.05) is 0 Å². The van der Waals surface area contributed by atoms with Gasteiger partial charge in [0.2, 0.25) is 0 Å². The van der Waals surface area contributed by atoms with Crippen LogP contribution in [0.3, 0.4) is 0 Å². The van der Waals surface area contributed by atoms with Crippen molar-refractivity contribution in [2.45, 2.75) is 44.8 Å². The Bertz CT molecular complexity index is 1250. The highest BCUT2D eigenvalue weighted by molar-refractivity contribution is 6.11. The van der Waals surface area contributed by atoms with Crippen LogP contribution in [0.2, 0.25) is 0 Å². The van der Waals surface area contributed by atoms with Gasteiger partial charge in [0.05, 0.1) is 23.8 Å². The fourth-order valence-corrected chi connectivity index (χ4v) is 4.07. The Morgan fingerprint density at radius 1 is 1.17 bits per heavy atom. The molecule has 1 saturated heterocycles. The summed E-state index contributed by atoms with van der Waals surface area (Å²) in [5.74, 6) is -1.82. The van der Waals surface area contributed by atoms with Crippen molar-refractivity contribution in [1.82, 2.24) is 5.32 Å². The van der Waals surface area contributed by atoms with Crippen LogP contribution in [0.1, 0.15) is 37.0 Å². The molecule has 41 heavy (non-hydrogen) atoms. The molecule has 1 fully saturated rings. The van der Waals surface area contributed by atoms with Crippen LogP contribution < -0.4 is 20.7 Å². The predicted octanol–water partition coefficient (Wildman–Crippen LogP) is 6.03. The van der Waals surface area contributed by atoms with E-state index in [0.717, 1.165) is 29.4 Å². The molecule has 1 unspecified atom stereocenters. The molecule has 1 aliphatic heterocycles. The van der Waals surface area contributed by atoms with Gasteiger partial charge < -0.3 is 20.5 Å². The number of morpholine rings is 1. The number of nitrogens with one attached hydrogen (secondary N) is 1. The van der Waals surface area contributed by atoms with E-state index in [1.165, 1.54) is 26.0 Å². The number of carbonyl (C=O) groups excluding carboxylic acids is 1. The van der Waals surface area contributed by atoms with Crippen LogP contribution in [-0.2, 0) is 17.1 Å². The predicted molar refractivity (Wildman–Crippen MR) is 139 cm³/mol. The Hall–Kier alpha value is -3.65. The molecule has 224 valence electrons. The van der Waals surface area contributed by atoms with Crippen LogP contribution in [-0.4, -0.2) is 50.7 Å². The minimum absolute atomic E-state index is 0.0870. The molecule has 0 aliphatic carbocycles. The van der Waals surface area contributed by atoms with Gasteiger partial charge in [0, 0.05) is 54.9 Å². The minimum atomic E-state index is -5.35. The van der Waals surface area contributed by atoms with Crippen LogP contribution in [0.4, 0.5) is 41.2 Å². The lowest BCUT2D eigenvalue weighted by Gasteiger charge is -2.27. The second-order valence-electron chi connectivity index (χ2n) is 9.35. The largest absolute Gasteiger partial charge is 0.420 e. The molecule has 0 aromatic heterocycles. The van der Waals surface area contributed by atoms with Gasteiger partial charge in [0.15, 0.2) is 5.75 Å². The lowest BCUT2D eigenvalue weighted by Crippen LogP contribution is -2.39. The second-order valence-corrected chi connectivity index (χ2v) is 9.35. The molecule has 0 radical (unpaired) electrons. The number of rotatable bonds is 8. The SMILES string of the molecule is CC(C)N(C(=O)Oc1c(C(C=NCCC2CNCCO2)=CN)cc(C(F)(F)F)cc1C(F)(F)F)c1ccc(F)cc1. The smallest absolute Gasteiger partial charge is 0.409 e. The minimum Gasteiger partial charge on any atom is -0.409 e. The first kappa shape index (κ1) is 31.9. The van der Waals surface area contributed by atoms with Crippen molar-refractivity contribution in [3.05, 3.63) is 65.1 Å². The van der Waals surface area contributed by atoms with Crippen molar-refractivity contribution in [2.24, 2.45) is 10.7 Å². The maximum absolute atomic E-state index is 14.1. The third kappa shape index (κ3) is 8.43. The molecule has 7 nitrogen and oxygen atoms in total. The average Bonchev–Trinajstić information content (AvgIpc) is 2.89. The standard InChI is InChI=1S/C27H29F7N4O3/c1-16(2)38(20-5-3-19(28)4-6-20)25(39)41-24-22(11-18(26(29,30)31)12-23(24)27(32,33)34)17(13-35)14-36-8-7-21-15-37-9-10-40-21/h3-6,11-14,16,21,37H,7-10,15,35H2,1-2H3. The zero-order chi connectivity index (χ0) is 30.4. The highest BCUT2D eigenvalue weighted by atomic mass is 19.4. The summed E-state index contributed by atoms with van der Waals surface area (Å²) in [4.78, 5) is 18.3. The topological polar surface area (TPSA) is 89.2 Å². The Morgan fingerprint density at radius 2 is 1.85 bits per heavy atom. The molecule has 3 N–H and O–H groups in total. The van der Waals surface area contributed by atoms with E-state index in [9.17, 15) is 35.5 Å². The van der Waals surface area contributed by atoms with Crippen LogP contribution in [0, 0.1) is 5.82 Å². The number of allylic oxidation sites excluding steroid dienone is 1.